The average Bonchev–Trinajstić information content (AvgIpc) is 3.18. The first kappa shape index (κ1) is 19.8. The summed E-state index contributed by atoms with van der Waals surface area (Å²) in [5.74, 6) is 1.96. The summed E-state index contributed by atoms with van der Waals surface area (Å²) in [6.45, 7) is 7.11. The lowest BCUT2D eigenvalue weighted by atomic mass is 9.87. The lowest BCUT2D eigenvalue weighted by molar-refractivity contribution is -0.118. The van der Waals surface area contributed by atoms with Crippen molar-refractivity contribution in [2.45, 2.75) is 56.8 Å². The number of benzene rings is 1. The molecular weight excluding hydrogens is 384 g/mol. The van der Waals surface area contributed by atoms with Crippen molar-refractivity contribution in [3.05, 3.63) is 54.0 Å². The highest BCUT2D eigenvalue weighted by Crippen LogP contribution is 2.28. The molecule has 1 N–H and O–H groups in total. The number of carbonyl (C=O) groups is 1. The van der Waals surface area contributed by atoms with Gasteiger partial charge >= 0.3 is 0 Å². The third-order valence-electron chi connectivity index (χ3n) is 4.89. The molecule has 2 aromatic heterocycles. The SMILES string of the molecule is CC(C)(C)c1ccc(-c2nnc(SCC(=O)NC3CC3)n2Cc2ccco2)cc1. The maximum Gasteiger partial charge on any atom is 0.230 e. The van der Waals surface area contributed by atoms with Gasteiger partial charge in [-0.3, -0.25) is 9.36 Å². The van der Waals surface area contributed by atoms with Crippen molar-refractivity contribution >= 4 is 17.7 Å². The summed E-state index contributed by atoms with van der Waals surface area (Å²) in [5, 5.41) is 12.5. The number of amides is 1. The van der Waals surface area contributed by atoms with E-state index < -0.39 is 0 Å². The van der Waals surface area contributed by atoms with E-state index in [-0.39, 0.29) is 11.3 Å². The molecule has 0 saturated heterocycles. The average molecular weight is 411 g/mol. The van der Waals surface area contributed by atoms with Gasteiger partial charge in [-0.2, -0.15) is 0 Å². The summed E-state index contributed by atoms with van der Waals surface area (Å²) in [5.41, 5.74) is 2.35. The summed E-state index contributed by atoms with van der Waals surface area (Å²) < 4.78 is 7.55. The van der Waals surface area contributed by atoms with Crippen LogP contribution in [0.1, 0.15) is 44.9 Å². The molecule has 0 atom stereocenters. The number of aromatic nitrogens is 3. The molecular formula is C22H26N4O2S. The van der Waals surface area contributed by atoms with Gasteiger partial charge in [0.1, 0.15) is 5.76 Å². The zero-order valence-electron chi connectivity index (χ0n) is 17.0. The van der Waals surface area contributed by atoms with E-state index in [2.05, 4.69) is 60.6 Å². The van der Waals surface area contributed by atoms with Crippen LogP contribution in [0.5, 0.6) is 0 Å². The van der Waals surface area contributed by atoms with Crippen LogP contribution in [0.25, 0.3) is 11.4 Å². The van der Waals surface area contributed by atoms with Gasteiger partial charge in [-0.15, -0.1) is 10.2 Å². The second-order valence-corrected chi connectivity index (χ2v) is 9.37. The van der Waals surface area contributed by atoms with Crippen LogP contribution in [0.2, 0.25) is 0 Å². The fourth-order valence-corrected chi connectivity index (χ4v) is 3.81. The van der Waals surface area contributed by atoms with Gasteiger partial charge in [0.05, 0.1) is 18.6 Å². The molecule has 0 spiro atoms. The van der Waals surface area contributed by atoms with E-state index in [9.17, 15) is 4.79 Å². The highest BCUT2D eigenvalue weighted by Gasteiger charge is 2.24. The fourth-order valence-electron chi connectivity index (χ4n) is 3.06. The number of furan rings is 1. The third kappa shape index (κ3) is 4.90. The number of hydrogen-bond donors (Lipinski definition) is 1. The molecule has 0 aliphatic heterocycles. The van der Waals surface area contributed by atoms with E-state index in [1.807, 2.05) is 16.7 Å². The molecule has 1 saturated carbocycles. The molecule has 0 unspecified atom stereocenters. The second-order valence-electron chi connectivity index (χ2n) is 8.43. The van der Waals surface area contributed by atoms with Crippen LogP contribution in [-0.4, -0.2) is 32.5 Å². The Kier molecular flexibility index (Phi) is 5.50. The molecule has 0 radical (unpaired) electrons. The molecule has 1 fully saturated rings. The normalized spacial score (nSPS) is 14.2. The van der Waals surface area contributed by atoms with Gasteiger partial charge in [-0.05, 0) is 36.0 Å². The Balaban J connectivity index is 1.58. The van der Waals surface area contributed by atoms with Crippen LogP contribution in [0.15, 0.2) is 52.2 Å². The Morgan fingerprint density at radius 1 is 1.21 bits per heavy atom. The molecule has 152 valence electrons. The molecule has 4 rings (SSSR count). The summed E-state index contributed by atoms with van der Waals surface area (Å²) in [6, 6.07) is 12.6. The quantitative estimate of drug-likeness (QED) is 0.590. The lowest BCUT2D eigenvalue weighted by Crippen LogP contribution is -2.27. The maximum atomic E-state index is 12.1. The van der Waals surface area contributed by atoms with E-state index in [0.29, 0.717) is 23.5 Å². The highest BCUT2D eigenvalue weighted by molar-refractivity contribution is 7.99. The number of rotatable bonds is 7. The summed E-state index contributed by atoms with van der Waals surface area (Å²) in [7, 11) is 0. The lowest BCUT2D eigenvalue weighted by Gasteiger charge is -2.19. The third-order valence-corrected chi connectivity index (χ3v) is 5.86. The minimum atomic E-state index is 0.0427. The van der Waals surface area contributed by atoms with Crippen molar-refractivity contribution in [2.75, 3.05) is 5.75 Å². The topological polar surface area (TPSA) is 73.0 Å². The van der Waals surface area contributed by atoms with Gasteiger partial charge in [0.25, 0.3) is 0 Å². The van der Waals surface area contributed by atoms with Crippen LogP contribution in [-0.2, 0) is 16.8 Å². The Bertz CT molecular complexity index is 967. The van der Waals surface area contributed by atoms with Gasteiger partial charge in [-0.25, -0.2) is 0 Å². The highest BCUT2D eigenvalue weighted by atomic mass is 32.2. The van der Waals surface area contributed by atoms with Crippen molar-refractivity contribution in [2.24, 2.45) is 0 Å². The monoisotopic (exact) mass is 410 g/mol. The number of carbonyl (C=O) groups excluding carboxylic acids is 1. The molecule has 6 nitrogen and oxygen atoms in total. The minimum Gasteiger partial charge on any atom is -0.467 e. The van der Waals surface area contributed by atoms with E-state index in [1.165, 1.54) is 17.3 Å². The number of hydrogen-bond acceptors (Lipinski definition) is 5. The van der Waals surface area contributed by atoms with Crippen LogP contribution < -0.4 is 5.32 Å². The predicted molar refractivity (Wildman–Crippen MR) is 114 cm³/mol. The molecule has 29 heavy (non-hydrogen) atoms. The predicted octanol–water partition coefficient (Wildman–Crippen LogP) is 4.25. The molecule has 7 heteroatoms. The molecule has 2 heterocycles. The van der Waals surface area contributed by atoms with Gasteiger partial charge in [-0.1, -0.05) is 56.8 Å². The summed E-state index contributed by atoms with van der Waals surface area (Å²) in [6.07, 6.45) is 3.83. The second kappa shape index (κ2) is 8.06. The van der Waals surface area contributed by atoms with E-state index in [1.54, 1.807) is 6.26 Å². The molecule has 1 aliphatic rings. The van der Waals surface area contributed by atoms with Crippen molar-refractivity contribution in [3.8, 4) is 11.4 Å². The first-order valence-electron chi connectivity index (χ1n) is 9.89. The van der Waals surface area contributed by atoms with E-state index >= 15 is 0 Å². The van der Waals surface area contributed by atoms with Crippen LogP contribution in [0, 0.1) is 0 Å². The van der Waals surface area contributed by atoms with Crippen LogP contribution in [0.4, 0.5) is 0 Å². The zero-order valence-corrected chi connectivity index (χ0v) is 17.8. The van der Waals surface area contributed by atoms with Crippen molar-refractivity contribution in [3.63, 3.8) is 0 Å². The summed E-state index contributed by atoms with van der Waals surface area (Å²) >= 11 is 1.41. The standard InChI is InChI=1S/C22H26N4O2S/c1-22(2,3)16-8-6-15(7-9-16)20-24-25-21(26(20)13-18-5-4-12-28-18)29-14-19(27)23-17-10-11-17/h4-9,12,17H,10-11,13-14H2,1-3H3,(H,23,27). The van der Waals surface area contributed by atoms with Gasteiger partial charge in [0, 0.05) is 11.6 Å². The molecule has 1 aliphatic carbocycles. The van der Waals surface area contributed by atoms with E-state index in [0.717, 1.165) is 30.0 Å². The Morgan fingerprint density at radius 3 is 2.59 bits per heavy atom. The minimum absolute atomic E-state index is 0.0427. The Morgan fingerprint density at radius 2 is 1.97 bits per heavy atom. The number of thioether (sulfide) groups is 1. The smallest absolute Gasteiger partial charge is 0.230 e. The van der Waals surface area contributed by atoms with Gasteiger partial charge in [0.2, 0.25) is 5.91 Å². The van der Waals surface area contributed by atoms with Crippen molar-refractivity contribution in [1.29, 1.82) is 0 Å². The van der Waals surface area contributed by atoms with E-state index in [4.69, 9.17) is 4.42 Å². The largest absolute Gasteiger partial charge is 0.467 e. The fraction of sp³-hybridized carbons (Fsp3) is 0.409. The summed E-state index contributed by atoms with van der Waals surface area (Å²) in [4.78, 5) is 12.1. The van der Waals surface area contributed by atoms with Crippen LogP contribution >= 0.6 is 11.8 Å². The van der Waals surface area contributed by atoms with Gasteiger partial charge < -0.3 is 9.73 Å². The first-order valence-corrected chi connectivity index (χ1v) is 10.9. The number of nitrogens with one attached hydrogen (secondary N) is 1. The molecule has 1 aromatic carbocycles. The maximum absolute atomic E-state index is 12.1. The first-order chi connectivity index (χ1) is 13.9. The number of nitrogens with zero attached hydrogens (tertiary/aromatic N) is 3. The Hall–Kier alpha value is -2.54. The Labute approximate surface area is 175 Å². The zero-order chi connectivity index (χ0) is 20.4. The van der Waals surface area contributed by atoms with Crippen molar-refractivity contribution < 1.29 is 9.21 Å². The van der Waals surface area contributed by atoms with Crippen LogP contribution in [0.3, 0.4) is 0 Å². The molecule has 0 bridgehead atoms. The van der Waals surface area contributed by atoms with Gasteiger partial charge in [0.15, 0.2) is 11.0 Å². The molecule has 1 amide bonds. The molecule has 3 aromatic rings. The van der Waals surface area contributed by atoms with Crippen molar-refractivity contribution in [1.82, 2.24) is 20.1 Å².